The Hall–Kier alpha value is -1.82. The van der Waals surface area contributed by atoms with E-state index in [9.17, 15) is 4.39 Å². The van der Waals surface area contributed by atoms with Gasteiger partial charge in [-0.3, -0.25) is 0 Å². The quantitative estimate of drug-likeness (QED) is 0.698. The van der Waals surface area contributed by atoms with Crippen LogP contribution in [0.15, 0.2) is 22.9 Å². The zero-order valence-electron chi connectivity index (χ0n) is 10.3. The van der Waals surface area contributed by atoms with Crippen LogP contribution in [0.1, 0.15) is 11.1 Å². The van der Waals surface area contributed by atoms with E-state index in [0.717, 1.165) is 21.1 Å². The van der Waals surface area contributed by atoms with Gasteiger partial charge in [-0.1, -0.05) is 0 Å². The smallest absolute Gasteiger partial charge is 0.213 e. The van der Waals surface area contributed by atoms with E-state index in [4.69, 9.17) is 0 Å². The van der Waals surface area contributed by atoms with Crippen molar-refractivity contribution < 1.29 is 4.39 Å². The molecule has 0 fully saturated rings. The number of aryl methyl sites for hydroxylation is 2. The molecular weight excluding hydrogens is 311 g/mol. The summed E-state index contributed by atoms with van der Waals surface area (Å²) >= 11 is 3.43. The number of nitrogens with zero attached hydrogens (tertiary/aromatic N) is 3. The number of hydrogen-bond acceptors (Lipinski definition) is 3. The maximum atomic E-state index is 13.3. The Balaban J connectivity index is 2.26. The molecule has 0 amide bonds. The fourth-order valence-electron chi connectivity index (χ4n) is 1.93. The lowest BCUT2D eigenvalue weighted by molar-refractivity contribution is 0.583. The van der Waals surface area contributed by atoms with Crippen molar-refractivity contribution in [2.45, 2.75) is 13.8 Å². The zero-order chi connectivity index (χ0) is 13.6. The number of aromatic amines is 1. The number of aromatic nitrogens is 4. The molecule has 0 saturated carbocycles. The normalized spacial score (nSPS) is 11.2. The van der Waals surface area contributed by atoms with Gasteiger partial charge in [0.05, 0.1) is 5.52 Å². The molecule has 0 aromatic carbocycles. The lowest BCUT2D eigenvalue weighted by Gasteiger charge is -2.01. The van der Waals surface area contributed by atoms with Crippen LogP contribution in [-0.2, 0) is 0 Å². The number of imidazole rings is 1. The Kier molecular flexibility index (Phi) is 2.82. The Morgan fingerprint density at radius 2 is 2.00 bits per heavy atom. The number of halogens is 2. The van der Waals surface area contributed by atoms with E-state index in [-0.39, 0.29) is 0 Å². The second-order valence-electron chi connectivity index (χ2n) is 4.34. The number of fused-ring (bicyclic) bond motifs is 1. The van der Waals surface area contributed by atoms with E-state index >= 15 is 0 Å². The largest absolute Gasteiger partial charge is 0.336 e. The highest BCUT2D eigenvalue weighted by Crippen LogP contribution is 2.27. The number of pyridine rings is 2. The molecule has 0 atom stereocenters. The van der Waals surface area contributed by atoms with Crippen molar-refractivity contribution in [3.8, 4) is 11.4 Å². The van der Waals surface area contributed by atoms with Gasteiger partial charge in [-0.05, 0) is 40.9 Å². The Morgan fingerprint density at radius 3 is 2.79 bits per heavy atom. The van der Waals surface area contributed by atoms with Crippen LogP contribution < -0.4 is 0 Å². The van der Waals surface area contributed by atoms with Crippen molar-refractivity contribution in [1.82, 2.24) is 19.9 Å². The second-order valence-corrected chi connectivity index (χ2v) is 5.19. The molecule has 0 aliphatic heterocycles. The van der Waals surface area contributed by atoms with Gasteiger partial charge in [0, 0.05) is 28.5 Å². The minimum absolute atomic E-state index is 0.521. The average Bonchev–Trinajstić information content (AvgIpc) is 2.81. The van der Waals surface area contributed by atoms with E-state index in [1.54, 1.807) is 6.20 Å². The summed E-state index contributed by atoms with van der Waals surface area (Å²) in [5, 5.41) is 0. The van der Waals surface area contributed by atoms with E-state index in [0.29, 0.717) is 17.0 Å². The standard InChI is InChI=1S/C13H10BrFN4/c1-6-4-16-10(15)3-8(6)12-18-11-7(2)9(14)5-17-13(11)19-12/h3-5H,1-2H3,(H,17,18,19). The highest BCUT2D eigenvalue weighted by molar-refractivity contribution is 9.10. The van der Waals surface area contributed by atoms with E-state index in [1.807, 2.05) is 13.8 Å². The third kappa shape index (κ3) is 2.02. The molecule has 0 bridgehead atoms. The molecule has 0 radical (unpaired) electrons. The molecule has 6 heteroatoms. The van der Waals surface area contributed by atoms with Crippen molar-refractivity contribution in [2.24, 2.45) is 0 Å². The first kappa shape index (κ1) is 12.2. The minimum atomic E-state index is -0.521. The average molecular weight is 321 g/mol. The van der Waals surface area contributed by atoms with Crippen LogP contribution in [0.2, 0.25) is 0 Å². The Labute approximate surface area is 117 Å². The van der Waals surface area contributed by atoms with E-state index in [1.165, 1.54) is 12.3 Å². The first-order valence-electron chi connectivity index (χ1n) is 5.69. The summed E-state index contributed by atoms with van der Waals surface area (Å²) in [4.78, 5) is 15.5. The van der Waals surface area contributed by atoms with Crippen molar-refractivity contribution in [1.29, 1.82) is 0 Å². The summed E-state index contributed by atoms with van der Waals surface area (Å²) in [7, 11) is 0. The summed E-state index contributed by atoms with van der Waals surface area (Å²) in [5.74, 6) is 0.0782. The lowest BCUT2D eigenvalue weighted by atomic mass is 10.1. The van der Waals surface area contributed by atoms with Crippen LogP contribution in [0, 0.1) is 19.8 Å². The van der Waals surface area contributed by atoms with Gasteiger partial charge in [0.2, 0.25) is 5.95 Å². The number of nitrogens with one attached hydrogen (secondary N) is 1. The van der Waals surface area contributed by atoms with Gasteiger partial charge >= 0.3 is 0 Å². The summed E-state index contributed by atoms with van der Waals surface area (Å²) in [6.07, 6.45) is 3.20. The van der Waals surface area contributed by atoms with Gasteiger partial charge in [-0.2, -0.15) is 4.39 Å². The van der Waals surface area contributed by atoms with Crippen molar-refractivity contribution in [3.63, 3.8) is 0 Å². The second kappa shape index (κ2) is 4.38. The topological polar surface area (TPSA) is 54.5 Å². The van der Waals surface area contributed by atoms with Gasteiger partial charge < -0.3 is 4.98 Å². The zero-order valence-corrected chi connectivity index (χ0v) is 11.9. The first-order chi connectivity index (χ1) is 9.06. The van der Waals surface area contributed by atoms with Crippen LogP contribution in [0.25, 0.3) is 22.6 Å². The first-order valence-corrected chi connectivity index (χ1v) is 6.49. The summed E-state index contributed by atoms with van der Waals surface area (Å²) in [6, 6.07) is 1.37. The molecule has 0 saturated heterocycles. The third-order valence-electron chi connectivity index (χ3n) is 3.04. The molecule has 3 aromatic rings. The van der Waals surface area contributed by atoms with E-state index < -0.39 is 5.95 Å². The number of hydrogen-bond donors (Lipinski definition) is 1. The molecule has 3 rings (SSSR count). The molecular formula is C13H10BrFN4. The molecule has 19 heavy (non-hydrogen) atoms. The molecule has 0 aliphatic carbocycles. The summed E-state index contributed by atoms with van der Waals surface area (Å²) in [5.41, 5.74) is 4.04. The van der Waals surface area contributed by atoms with Gasteiger partial charge in [-0.25, -0.2) is 15.0 Å². The van der Waals surface area contributed by atoms with Crippen molar-refractivity contribution in [2.75, 3.05) is 0 Å². The number of H-pyrrole nitrogens is 1. The Bertz CT molecular complexity index is 782. The highest BCUT2D eigenvalue weighted by atomic mass is 79.9. The summed E-state index contributed by atoms with van der Waals surface area (Å²) in [6.45, 7) is 3.83. The molecule has 96 valence electrons. The third-order valence-corrected chi connectivity index (χ3v) is 3.84. The van der Waals surface area contributed by atoms with Gasteiger partial charge in [0.15, 0.2) is 5.65 Å². The lowest BCUT2D eigenvalue weighted by Crippen LogP contribution is -1.90. The van der Waals surface area contributed by atoms with Gasteiger partial charge in [0.1, 0.15) is 5.82 Å². The molecule has 0 aliphatic rings. The van der Waals surface area contributed by atoms with Crippen molar-refractivity contribution in [3.05, 3.63) is 40.0 Å². The maximum absolute atomic E-state index is 13.3. The highest BCUT2D eigenvalue weighted by Gasteiger charge is 2.12. The minimum Gasteiger partial charge on any atom is -0.336 e. The fourth-order valence-corrected chi connectivity index (χ4v) is 2.23. The fraction of sp³-hybridized carbons (Fsp3) is 0.154. The van der Waals surface area contributed by atoms with Crippen LogP contribution in [-0.4, -0.2) is 19.9 Å². The number of rotatable bonds is 1. The van der Waals surface area contributed by atoms with Crippen LogP contribution in [0.3, 0.4) is 0 Å². The Morgan fingerprint density at radius 1 is 1.21 bits per heavy atom. The molecule has 3 heterocycles. The van der Waals surface area contributed by atoms with E-state index in [2.05, 4.69) is 35.9 Å². The monoisotopic (exact) mass is 320 g/mol. The molecule has 0 spiro atoms. The summed E-state index contributed by atoms with van der Waals surface area (Å²) < 4.78 is 14.2. The molecule has 0 unspecified atom stereocenters. The van der Waals surface area contributed by atoms with Gasteiger partial charge in [-0.15, -0.1) is 0 Å². The molecule has 1 N–H and O–H groups in total. The van der Waals surface area contributed by atoms with Crippen LogP contribution >= 0.6 is 15.9 Å². The maximum Gasteiger partial charge on any atom is 0.213 e. The van der Waals surface area contributed by atoms with Gasteiger partial charge in [0.25, 0.3) is 0 Å². The van der Waals surface area contributed by atoms with Crippen molar-refractivity contribution >= 4 is 27.1 Å². The van der Waals surface area contributed by atoms with Crippen LogP contribution in [0.4, 0.5) is 4.39 Å². The molecule has 4 nitrogen and oxygen atoms in total. The SMILES string of the molecule is Cc1cnc(F)cc1-c1nc2ncc(Br)c(C)c2[nH]1. The predicted molar refractivity (Wildman–Crippen MR) is 74.3 cm³/mol. The molecule has 3 aromatic heterocycles. The van der Waals surface area contributed by atoms with Crippen LogP contribution in [0.5, 0.6) is 0 Å². The predicted octanol–water partition coefficient (Wildman–Crippen LogP) is 3.54.